The van der Waals surface area contributed by atoms with Crippen molar-refractivity contribution in [3.8, 4) is 0 Å². The second-order valence-electron chi connectivity index (χ2n) is 5.66. The fraction of sp³-hybridized carbons (Fsp3) is 0.533. The van der Waals surface area contributed by atoms with Crippen LogP contribution in [0.1, 0.15) is 18.2 Å². The van der Waals surface area contributed by atoms with E-state index in [0.717, 1.165) is 19.6 Å². The molecule has 3 rings (SSSR count). The highest BCUT2D eigenvalue weighted by molar-refractivity contribution is 5.81. The predicted molar refractivity (Wildman–Crippen MR) is 74.5 cm³/mol. The molecule has 1 aromatic carbocycles. The van der Waals surface area contributed by atoms with Gasteiger partial charge in [-0.05, 0) is 31.5 Å². The highest BCUT2D eigenvalue weighted by atomic mass is 16.2. The maximum atomic E-state index is 12.1. The lowest BCUT2D eigenvalue weighted by Gasteiger charge is -2.27. The van der Waals surface area contributed by atoms with E-state index in [1.807, 2.05) is 23.1 Å². The Morgan fingerprint density at radius 3 is 2.79 bits per heavy atom. The van der Waals surface area contributed by atoms with Gasteiger partial charge in [0.15, 0.2) is 0 Å². The van der Waals surface area contributed by atoms with Crippen molar-refractivity contribution in [3.63, 3.8) is 0 Å². The summed E-state index contributed by atoms with van der Waals surface area (Å²) in [4.78, 5) is 16.4. The largest absolute Gasteiger partial charge is 0.321 e. The van der Waals surface area contributed by atoms with E-state index in [4.69, 9.17) is 0 Å². The third-order valence-corrected chi connectivity index (χ3v) is 4.14. The summed E-state index contributed by atoms with van der Waals surface area (Å²) in [6.45, 7) is 3.58. The number of nitrogens with one attached hydrogen (secondary N) is 1. The number of nitrogens with zero attached hydrogens (tertiary/aromatic N) is 2. The molecular formula is C15H21N3O. The summed E-state index contributed by atoms with van der Waals surface area (Å²) in [6, 6.07) is 10.2. The molecule has 2 fully saturated rings. The average Bonchev–Trinajstić information content (AvgIpc) is 2.99. The van der Waals surface area contributed by atoms with E-state index in [9.17, 15) is 4.79 Å². The fourth-order valence-corrected chi connectivity index (χ4v) is 3.13. The molecule has 19 heavy (non-hydrogen) atoms. The lowest BCUT2D eigenvalue weighted by atomic mass is 10.1. The molecule has 2 unspecified atom stereocenters. The quantitative estimate of drug-likeness (QED) is 0.882. The lowest BCUT2D eigenvalue weighted by Crippen LogP contribution is -2.35. The van der Waals surface area contributed by atoms with Crippen LogP contribution in [0.3, 0.4) is 0 Å². The molecule has 1 aromatic rings. The molecule has 102 valence electrons. The van der Waals surface area contributed by atoms with Crippen LogP contribution in [-0.2, 0) is 4.79 Å². The van der Waals surface area contributed by atoms with E-state index in [-0.39, 0.29) is 12.1 Å². The zero-order valence-corrected chi connectivity index (χ0v) is 11.4. The van der Waals surface area contributed by atoms with Crippen molar-refractivity contribution in [1.29, 1.82) is 0 Å². The first-order valence-corrected chi connectivity index (χ1v) is 7.00. The van der Waals surface area contributed by atoms with Crippen molar-refractivity contribution >= 4 is 5.91 Å². The van der Waals surface area contributed by atoms with E-state index in [0.29, 0.717) is 12.5 Å². The number of amides is 1. The van der Waals surface area contributed by atoms with Gasteiger partial charge in [-0.25, -0.2) is 0 Å². The molecule has 0 radical (unpaired) electrons. The summed E-state index contributed by atoms with van der Waals surface area (Å²) in [5, 5.41) is 3.32. The van der Waals surface area contributed by atoms with Gasteiger partial charge in [0.25, 0.3) is 0 Å². The number of likely N-dealkylation sites (tertiary alicyclic amines) is 1. The van der Waals surface area contributed by atoms with Gasteiger partial charge in [-0.1, -0.05) is 30.3 Å². The summed E-state index contributed by atoms with van der Waals surface area (Å²) in [5.74, 6) is 0.837. The molecule has 4 nitrogen and oxygen atoms in total. The van der Waals surface area contributed by atoms with Gasteiger partial charge in [-0.2, -0.15) is 0 Å². The van der Waals surface area contributed by atoms with Crippen molar-refractivity contribution in [2.24, 2.45) is 5.92 Å². The first-order chi connectivity index (χ1) is 9.24. The number of carbonyl (C=O) groups is 1. The Bertz CT molecular complexity index is 448. The predicted octanol–water partition coefficient (Wildman–Crippen LogP) is 1.07. The third kappa shape index (κ3) is 2.65. The van der Waals surface area contributed by atoms with Gasteiger partial charge in [0.2, 0.25) is 5.91 Å². The molecule has 0 aromatic heterocycles. The fourth-order valence-electron chi connectivity index (χ4n) is 3.13. The van der Waals surface area contributed by atoms with E-state index < -0.39 is 0 Å². The third-order valence-electron chi connectivity index (χ3n) is 4.14. The molecule has 0 bridgehead atoms. The summed E-state index contributed by atoms with van der Waals surface area (Å²) in [6.07, 6.45) is 1.25. The van der Waals surface area contributed by atoms with Crippen LogP contribution in [0.4, 0.5) is 0 Å². The van der Waals surface area contributed by atoms with Crippen LogP contribution >= 0.6 is 0 Å². The summed E-state index contributed by atoms with van der Waals surface area (Å²) < 4.78 is 0. The van der Waals surface area contributed by atoms with Crippen LogP contribution < -0.4 is 5.32 Å². The Labute approximate surface area is 114 Å². The summed E-state index contributed by atoms with van der Waals surface area (Å²) >= 11 is 0. The average molecular weight is 259 g/mol. The number of rotatable bonds is 3. The van der Waals surface area contributed by atoms with E-state index in [1.165, 1.54) is 12.0 Å². The molecule has 1 N–H and O–H groups in total. The number of carbonyl (C=O) groups excluding carboxylic acids is 1. The van der Waals surface area contributed by atoms with Crippen LogP contribution in [0.15, 0.2) is 30.3 Å². The van der Waals surface area contributed by atoms with E-state index in [1.54, 1.807) is 0 Å². The molecule has 2 atom stereocenters. The SMILES string of the molecule is CN1CCC(CN2C(=O)CNC2c2ccccc2)C1. The van der Waals surface area contributed by atoms with Crippen LogP contribution in [-0.4, -0.2) is 48.9 Å². The van der Waals surface area contributed by atoms with Crippen molar-refractivity contribution < 1.29 is 4.79 Å². The Morgan fingerprint density at radius 2 is 2.11 bits per heavy atom. The first-order valence-electron chi connectivity index (χ1n) is 7.00. The van der Waals surface area contributed by atoms with Crippen LogP contribution in [0, 0.1) is 5.92 Å². The van der Waals surface area contributed by atoms with Gasteiger partial charge in [0.1, 0.15) is 6.17 Å². The Morgan fingerprint density at radius 1 is 1.32 bits per heavy atom. The summed E-state index contributed by atoms with van der Waals surface area (Å²) in [5.41, 5.74) is 1.18. The van der Waals surface area contributed by atoms with Crippen molar-refractivity contribution in [2.75, 3.05) is 33.2 Å². The smallest absolute Gasteiger partial charge is 0.238 e. The lowest BCUT2D eigenvalue weighted by molar-refractivity contribution is -0.128. The molecular weight excluding hydrogens is 238 g/mol. The molecule has 0 spiro atoms. The van der Waals surface area contributed by atoms with Crippen LogP contribution in [0.25, 0.3) is 0 Å². The highest BCUT2D eigenvalue weighted by Crippen LogP contribution is 2.25. The number of hydrogen-bond acceptors (Lipinski definition) is 3. The molecule has 1 amide bonds. The van der Waals surface area contributed by atoms with Crippen molar-refractivity contribution in [1.82, 2.24) is 15.1 Å². The molecule has 2 aliphatic heterocycles. The van der Waals surface area contributed by atoms with E-state index in [2.05, 4.69) is 29.4 Å². The Hall–Kier alpha value is -1.39. The Kier molecular flexibility index (Phi) is 3.53. The van der Waals surface area contributed by atoms with Gasteiger partial charge in [0.05, 0.1) is 6.54 Å². The van der Waals surface area contributed by atoms with Gasteiger partial charge in [-0.3, -0.25) is 10.1 Å². The van der Waals surface area contributed by atoms with E-state index >= 15 is 0 Å². The normalized spacial score (nSPS) is 28.3. The minimum Gasteiger partial charge on any atom is -0.321 e. The molecule has 2 aliphatic rings. The highest BCUT2D eigenvalue weighted by Gasteiger charge is 2.34. The summed E-state index contributed by atoms with van der Waals surface area (Å²) in [7, 11) is 2.15. The minimum absolute atomic E-state index is 0.0552. The minimum atomic E-state index is 0.0552. The molecule has 2 heterocycles. The van der Waals surface area contributed by atoms with Gasteiger partial charge < -0.3 is 9.80 Å². The molecule has 0 saturated carbocycles. The maximum Gasteiger partial charge on any atom is 0.238 e. The van der Waals surface area contributed by atoms with Gasteiger partial charge in [-0.15, -0.1) is 0 Å². The van der Waals surface area contributed by atoms with Crippen molar-refractivity contribution in [3.05, 3.63) is 35.9 Å². The van der Waals surface area contributed by atoms with Crippen LogP contribution in [0.2, 0.25) is 0 Å². The molecule has 4 heteroatoms. The van der Waals surface area contributed by atoms with Crippen LogP contribution in [0.5, 0.6) is 0 Å². The molecule has 2 saturated heterocycles. The maximum absolute atomic E-state index is 12.1. The van der Waals surface area contributed by atoms with Gasteiger partial charge in [0, 0.05) is 13.1 Å². The zero-order chi connectivity index (χ0) is 13.2. The second-order valence-corrected chi connectivity index (χ2v) is 5.66. The number of hydrogen-bond donors (Lipinski definition) is 1. The second kappa shape index (κ2) is 5.31. The monoisotopic (exact) mass is 259 g/mol. The number of benzene rings is 1. The first kappa shape index (κ1) is 12.6. The van der Waals surface area contributed by atoms with Gasteiger partial charge >= 0.3 is 0 Å². The molecule has 0 aliphatic carbocycles. The standard InChI is InChI=1S/C15H21N3O/c1-17-8-7-12(10-17)11-18-14(19)9-16-15(18)13-5-3-2-4-6-13/h2-6,12,15-16H,7-11H2,1H3. The van der Waals surface area contributed by atoms with Crippen molar-refractivity contribution in [2.45, 2.75) is 12.6 Å². The topological polar surface area (TPSA) is 35.6 Å². The Balaban J connectivity index is 1.72. The zero-order valence-electron chi connectivity index (χ0n) is 11.4.